The van der Waals surface area contributed by atoms with E-state index in [4.69, 9.17) is 10.5 Å². The van der Waals surface area contributed by atoms with Crippen LogP contribution in [0.1, 0.15) is 6.92 Å². The molecule has 8 nitrogen and oxygen atoms in total. The van der Waals surface area contributed by atoms with Crippen LogP contribution in [-0.2, 0) is 4.74 Å². The fraction of sp³-hybridized carbons (Fsp3) is 0.455. The van der Waals surface area contributed by atoms with Crippen LogP contribution >= 0.6 is 0 Å². The minimum absolute atomic E-state index is 0.173. The lowest BCUT2D eigenvalue weighted by Gasteiger charge is -2.20. The highest BCUT2D eigenvalue weighted by molar-refractivity contribution is 5.37. The van der Waals surface area contributed by atoms with Gasteiger partial charge in [0.15, 0.2) is 0 Å². The van der Waals surface area contributed by atoms with Crippen LogP contribution in [0, 0.1) is 0 Å². The molecule has 8 heteroatoms. The molecule has 19 heavy (non-hydrogen) atoms. The minimum atomic E-state index is 0.173. The van der Waals surface area contributed by atoms with Gasteiger partial charge in [-0.3, -0.25) is 0 Å². The number of nitrogen functional groups attached to an aromatic ring is 1. The normalized spacial score (nSPS) is 10.6. The Morgan fingerprint density at radius 3 is 2.84 bits per heavy atom. The van der Waals surface area contributed by atoms with Gasteiger partial charge in [0, 0.05) is 32.6 Å². The molecule has 2 N–H and O–H groups in total. The van der Waals surface area contributed by atoms with Crippen molar-refractivity contribution < 1.29 is 4.74 Å². The maximum atomic E-state index is 5.73. The molecule has 0 aliphatic rings. The van der Waals surface area contributed by atoms with Crippen LogP contribution in [-0.4, -0.2) is 51.5 Å². The summed E-state index contributed by atoms with van der Waals surface area (Å²) in [6, 6.07) is 1.79. The summed E-state index contributed by atoms with van der Waals surface area (Å²) in [6.07, 6.45) is 3.41. The molecule has 0 aliphatic carbocycles. The molecule has 2 heterocycles. The van der Waals surface area contributed by atoms with Gasteiger partial charge < -0.3 is 15.4 Å². The molecule has 2 aromatic rings. The standard InChI is InChI=1S/C11H17N7O/c1-3-17(7-8-19-2)10-14-9(12)15-11(16-10)18-6-4-5-13-18/h4-6H,3,7-8H2,1-2H3,(H2,12,14,15,16). The van der Waals surface area contributed by atoms with Crippen molar-refractivity contribution in [3.05, 3.63) is 18.5 Å². The quantitative estimate of drug-likeness (QED) is 0.790. The van der Waals surface area contributed by atoms with E-state index in [0.717, 1.165) is 6.54 Å². The van der Waals surface area contributed by atoms with Gasteiger partial charge in [0.05, 0.1) is 6.61 Å². The molecular weight excluding hydrogens is 246 g/mol. The number of anilines is 2. The van der Waals surface area contributed by atoms with E-state index in [9.17, 15) is 0 Å². The number of methoxy groups -OCH3 is 1. The first-order valence-electron chi connectivity index (χ1n) is 6.00. The molecule has 0 aliphatic heterocycles. The van der Waals surface area contributed by atoms with Gasteiger partial charge in [0.1, 0.15) is 0 Å². The Morgan fingerprint density at radius 2 is 2.21 bits per heavy atom. The second-order valence-corrected chi connectivity index (χ2v) is 3.82. The number of hydrogen-bond donors (Lipinski definition) is 1. The molecule has 2 aromatic heterocycles. The van der Waals surface area contributed by atoms with Crippen LogP contribution in [0.4, 0.5) is 11.9 Å². The number of ether oxygens (including phenoxy) is 1. The van der Waals surface area contributed by atoms with Gasteiger partial charge in [-0.05, 0) is 13.0 Å². The van der Waals surface area contributed by atoms with Gasteiger partial charge in [0.25, 0.3) is 5.95 Å². The third-order valence-corrected chi connectivity index (χ3v) is 2.57. The van der Waals surface area contributed by atoms with Crippen LogP contribution < -0.4 is 10.6 Å². The average molecular weight is 263 g/mol. The number of nitrogens with zero attached hydrogens (tertiary/aromatic N) is 6. The van der Waals surface area contributed by atoms with Crippen LogP contribution in [0.15, 0.2) is 18.5 Å². The monoisotopic (exact) mass is 263 g/mol. The van der Waals surface area contributed by atoms with Crippen molar-refractivity contribution in [1.29, 1.82) is 0 Å². The molecule has 0 spiro atoms. The molecule has 0 bridgehead atoms. The maximum Gasteiger partial charge on any atom is 0.257 e. The summed E-state index contributed by atoms with van der Waals surface area (Å²) in [5, 5.41) is 4.08. The van der Waals surface area contributed by atoms with Gasteiger partial charge in [-0.15, -0.1) is 0 Å². The first-order chi connectivity index (χ1) is 9.24. The SMILES string of the molecule is CCN(CCOC)c1nc(N)nc(-n2cccn2)n1. The van der Waals surface area contributed by atoms with E-state index in [2.05, 4.69) is 20.1 Å². The third kappa shape index (κ3) is 3.16. The molecule has 2 rings (SSSR count). The molecular formula is C11H17N7O. The summed E-state index contributed by atoms with van der Waals surface area (Å²) in [6.45, 7) is 4.06. The number of hydrogen-bond acceptors (Lipinski definition) is 7. The Labute approximate surface area is 111 Å². The number of likely N-dealkylation sites (N-methyl/N-ethyl adjacent to an activating group) is 1. The number of rotatable bonds is 6. The van der Waals surface area contributed by atoms with Crippen molar-refractivity contribution in [2.24, 2.45) is 0 Å². The smallest absolute Gasteiger partial charge is 0.257 e. The summed E-state index contributed by atoms with van der Waals surface area (Å²) >= 11 is 0. The fourth-order valence-corrected chi connectivity index (χ4v) is 1.60. The molecule has 0 aromatic carbocycles. The van der Waals surface area contributed by atoms with E-state index in [1.165, 1.54) is 0 Å². The van der Waals surface area contributed by atoms with Crippen molar-refractivity contribution in [3.63, 3.8) is 0 Å². The summed E-state index contributed by atoms with van der Waals surface area (Å²) < 4.78 is 6.61. The lowest BCUT2D eigenvalue weighted by Crippen LogP contribution is -2.29. The molecule has 0 atom stereocenters. The number of aromatic nitrogens is 5. The Hall–Kier alpha value is -2.22. The Kier molecular flexibility index (Phi) is 4.24. The highest BCUT2D eigenvalue weighted by Crippen LogP contribution is 2.11. The van der Waals surface area contributed by atoms with E-state index < -0.39 is 0 Å². The van der Waals surface area contributed by atoms with E-state index in [1.54, 1.807) is 30.3 Å². The van der Waals surface area contributed by atoms with Gasteiger partial charge in [0.2, 0.25) is 11.9 Å². The molecule has 0 saturated heterocycles. The molecule has 102 valence electrons. The molecule has 0 amide bonds. The predicted octanol–water partition coefficient (Wildman–Crippen LogP) is 0.112. The average Bonchev–Trinajstić information content (AvgIpc) is 2.93. The first-order valence-corrected chi connectivity index (χ1v) is 6.00. The van der Waals surface area contributed by atoms with Crippen molar-refractivity contribution in [2.45, 2.75) is 6.92 Å². The molecule has 0 fully saturated rings. The largest absolute Gasteiger partial charge is 0.383 e. The molecule has 0 unspecified atom stereocenters. The van der Waals surface area contributed by atoms with Gasteiger partial charge in [-0.25, -0.2) is 4.68 Å². The van der Waals surface area contributed by atoms with Crippen LogP contribution in [0.25, 0.3) is 5.95 Å². The zero-order chi connectivity index (χ0) is 13.7. The second-order valence-electron chi connectivity index (χ2n) is 3.82. The lowest BCUT2D eigenvalue weighted by molar-refractivity contribution is 0.205. The Morgan fingerprint density at radius 1 is 1.37 bits per heavy atom. The highest BCUT2D eigenvalue weighted by Gasteiger charge is 2.12. The van der Waals surface area contributed by atoms with Crippen molar-refractivity contribution in [3.8, 4) is 5.95 Å². The predicted molar refractivity (Wildman–Crippen MR) is 71.1 cm³/mol. The van der Waals surface area contributed by atoms with Gasteiger partial charge >= 0.3 is 0 Å². The topological polar surface area (TPSA) is 95.0 Å². The van der Waals surface area contributed by atoms with Crippen molar-refractivity contribution in [2.75, 3.05) is 37.4 Å². The summed E-state index contributed by atoms with van der Waals surface area (Å²) in [5.41, 5.74) is 5.73. The minimum Gasteiger partial charge on any atom is -0.383 e. The van der Waals surface area contributed by atoms with E-state index >= 15 is 0 Å². The van der Waals surface area contributed by atoms with Crippen molar-refractivity contribution in [1.82, 2.24) is 24.7 Å². The highest BCUT2D eigenvalue weighted by atomic mass is 16.5. The number of nitrogens with two attached hydrogens (primary N) is 1. The van der Waals surface area contributed by atoms with E-state index in [1.807, 2.05) is 11.8 Å². The van der Waals surface area contributed by atoms with Gasteiger partial charge in [-0.2, -0.15) is 20.1 Å². The zero-order valence-corrected chi connectivity index (χ0v) is 11.0. The zero-order valence-electron chi connectivity index (χ0n) is 11.0. The Bertz CT molecular complexity index is 514. The van der Waals surface area contributed by atoms with Crippen LogP contribution in [0.3, 0.4) is 0 Å². The molecule has 0 saturated carbocycles. The van der Waals surface area contributed by atoms with Crippen LogP contribution in [0.5, 0.6) is 0 Å². The van der Waals surface area contributed by atoms with Crippen molar-refractivity contribution >= 4 is 11.9 Å². The summed E-state index contributed by atoms with van der Waals surface area (Å²) in [4.78, 5) is 14.6. The maximum absolute atomic E-state index is 5.73. The fourth-order valence-electron chi connectivity index (χ4n) is 1.60. The second kappa shape index (κ2) is 6.10. The van der Waals surface area contributed by atoms with Crippen LogP contribution in [0.2, 0.25) is 0 Å². The van der Waals surface area contributed by atoms with Gasteiger partial charge in [-0.1, -0.05) is 0 Å². The lowest BCUT2D eigenvalue weighted by atomic mass is 10.5. The third-order valence-electron chi connectivity index (χ3n) is 2.57. The first kappa shape index (κ1) is 13.2. The molecule has 0 radical (unpaired) electrons. The van der Waals surface area contributed by atoms with E-state index in [0.29, 0.717) is 25.0 Å². The summed E-state index contributed by atoms with van der Waals surface area (Å²) in [5.74, 6) is 1.10. The summed E-state index contributed by atoms with van der Waals surface area (Å²) in [7, 11) is 1.66. The Balaban J connectivity index is 2.30. The van der Waals surface area contributed by atoms with E-state index in [-0.39, 0.29) is 5.95 Å².